The molecule has 1 heterocycles. The SMILES string of the molecule is CCNC(=O)[C@@H]1CNCCN1C(=O)OCc1ccccc1. The largest absolute Gasteiger partial charge is 0.445 e. The lowest BCUT2D eigenvalue weighted by Crippen LogP contribution is -2.59. The third-order valence-electron chi connectivity index (χ3n) is 3.34. The van der Waals surface area contributed by atoms with Gasteiger partial charge in [0.05, 0.1) is 0 Å². The predicted molar refractivity (Wildman–Crippen MR) is 78.7 cm³/mol. The van der Waals surface area contributed by atoms with Crippen molar-refractivity contribution in [1.82, 2.24) is 15.5 Å². The molecule has 1 aliphatic heterocycles. The first-order chi connectivity index (χ1) is 10.2. The van der Waals surface area contributed by atoms with Crippen LogP contribution in [0.4, 0.5) is 4.79 Å². The molecule has 0 spiro atoms. The topological polar surface area (TPSA) is 70.7 Å². The van der Waals surface area contributed by atoms with Crippen LogP contribution < -0.4 is 10.6 Å². The molecule has 114 valence electrons. The van der Waals surface area contributed by atoms with Crippen molar-refractivity contribution in [2.24, 2.45) is 0 Å². The molecule has 0 unspecified atom stereocenters. The van der Waals surface area contributed by atoms with Gasteiger partial charge in [0, 0.05) is 26.2 Å². The van der Waals surface area contributed by atoms with Crippen LogP contribution in [-0.2, 0) is 16.1 Å². The van der Waals surface area contributed by atoms with Crippen LogP contribution >= 0.6 is 0 Å². The Morgan fingerprint density at radius 3 is 2.86 bits per heavy atom. The van der Waals surface area contributed by atoms with Crippen molar-refractivity contribution >= 4 is 12.0 Å². The molecule has 2 amide bonds. The Bertz CT molecular complexity index is 478. The second-order valence-electron chi connectivity index (χ2n) is 4.85. The minimum atomic E-state index is -0.512. The van der Waals surface area contributed by atoms with E-state index in [0.717, 1.165) is 5.56 Å². The Morgan fingerprint density at radius 2 is 2.14 bits per heavy atom. The van der Waals surface area contributed by atoms with E-state index in [2.05, 4.69) is 10.6 Å². The molecule has 1 aliphatic rings. The highest BCUT2D eigenvalue weighted by molar-refractivity contribution is 5.86. The number of nitrogens with zero attached hydrogens (tertiary/aromatic N) is 1. The number of nitrogens with one attached hydrogen (secondary N) is 2. The molecule has 0 saturated carbocycles. The third kappa shape index (κ3) is 4.19. The highest BCUT2D eigenvalue weighted by Crippen LogP contribution is 2.08. The van der Waals surface area contributed by atoms with E-state index >= 15 is 0 Å². The molecule has 1 atom stereocenters. The van der Waals surface area contributed by atoms with Gasteiger partial charge in [-0.05, 0) is 12.5 Å². The van der Waals surface area contributed by atoms with E-state index < -0.39 is 12.1 Å². The summed E-state index contributed by atoms with van der Waals surface area (Å²) in [5, 5.41) is 5.87. The highest BCUT2D eigenvalue weighted by atomic mass is 16.6. The summed E-state index contributed by atoms with van der Waals surface area (Å²) in [5.74, 6) is -0.152. The van der Waals surface area contributed by atoms with Gasteiger partial charge in [0.15, 0.2) is 0 Å². The van der Waals surface area contributed by atoms with Crippen LogP contribution in [0.5, 0.6) is 0 Å². The fraction of sp³-hybridized carbons (Fsp3) is 0.467. The van der Waals surface area contributed by atoms with Gasteiger partial charge in [0.25, 0.3) is 0 Å². The van der Waals surface area contributed by atoms with E-state index in [0.29, 0.717) is 26.2 Å². The molecule has 1 fully saturated rings. The average Bonchev–Trinajstić information content (AvgIpc) is 2.54. The van der Waals surface area contributed by atoms with Crippen molar-refractivity contribution < 1.29 is 14.3 Å². The number of carbonyl (C=O) groups excluding carboxylic acids is 2. The summed E-state index contributed by atoms with van der Waals surface area (Å²) < 4.78 is 5.31. The lowest BCUT2D eigenvalue weighted by Gasteiger charge is -2.34. The van der Waals surface area contributed by atoms with Gasteiger partial charge in [-0.25, -0.2) is 4.79 Å². The monoisotopic (exact) mass is 291 g/mol. The number of carbonyl (C=O) groups is 2. The summed E-state index contributed by atoms with van der Waals surface area (Å²) in [6, 6.07) is 8.98. The van der Waals surface area contributed by atoms with Crippen LogP contribution in [0.25, 0.3) is 0 Å². The summed E-state index contributed by atoms with van der Waals surface area (Å²) in [4.78, 5) is 25.7. The van der Waals surface area contributed by atoms with Gasteiger partial charge in [-0.2, -0.15) is 0 Å². The Kier molecular flexibility index (Phi) is 5.57. The lowest BCUT2D eigenvalue weighted by molar-refractivity contribution is -0.126. The minimum Gasteiger partial charge on any atom is -0.445 e. The zero-order valence-electron chi connectivity index (χ0n) is 12.2. The Labute approximate surface area is 124 Å². The second kappa shape index (κ2) is 7.64. The molecule has 21 heavy (non-hydrogen) atoms. The standard InChI is InChI=1S/C15H21N3O3/c1-2-17-14(19)13-10-16-8-9-18(13)15(20)21-11-12-6-4-3-5-7-12/h3-7,13,16H,2,8-11H2,1H3,(H,17,19)/t13-/m0/s1. The first kappa shape index (κ1) is 15.3. The lowest BCUT2D eigenvalue weighted by atomic mass is 10.2. The van der Waals surface area contributed by atoms with Crippen LogP contribution in [0.3, 0.4) is 0 Å². The molecule has 0 bridgehead atoms. The quantitative estimate of drug-likeness (QED) is 0.858. The summed E-state index contributed by atoms with van der Waals surface area (Å²) in [5.41, 5.74) is 0.926. The van der Waals surface area contributed by atoms with Gasteiger partial charge in [0.2, 0.25) is 5.91 Å². The Morgan fingerprint density at radius 1 is 1.38 bits per heavy atom. The van der Waals surface area contributed by atoms with Crippen LogP contribution in [0.1, 0.15) is 12.5 Å². The summed E-state index contributed by atoms with van der Waals surface area (Å²) in [7, 11) is 0. The number of likely N-dealkylation sites (N-methyl/N-ethyl adjacent to an activating group) is 1. The van der Waals surface area contributed by atoms with Crippen molar-refractivity contribution in [2.75, 3.05) is 26.2 Å². The summed E-state index contributed by atoms with van der Waals surface area (Å²) in [6.07, 6.45) is -0.448. The number of hydrogen-bond donors (Lipinski definition) is 2. The van der Waals surface area contributed by atoms with Gasteiger partial charge in [-0.1, -0.05) is 30.3 Å². The van der Waals surface area contributed by atoms with Gasteiger partial charge in [-0.3, -0.25) is 9.69 Å². The van der Waals surface area contributed by atoms with Gasteiger partial charge >= 0.3 is 6.09 Å². The number of amides is 2. The molecule has 0 aromatic heterocycles. The van der Waals surface area contributed by atoms with Crippen LogP contribution in [0, 0.1) is 0 Å². The fourth-order valence-corrected chi connectivity index (χ4v) is 2.25. The van der Waals surface area contributed by atoms with Gasteiger partial charge < -0.3 is 15.4 Å². The van der Waals surface area contributed by atoms with Crippen molar-refractivity contribution in [2.45, 2.75) is 19.6 Å². The molecule has 1 aromatic rings. The minimum absolute atomic E-state index is 0.152. The molecule has 6 heteroatoms. The first-order valence-corrected chi connectivity index (χ1v) is 7.18. The summed E-state index contributed by atoms with van der Waals surface area (Å²) >= 11 is 0. The highest BCUT2D eigenvalue weighted by Gasteiger charge is 2.32. The van der Waals surface area contributed by atoms with Crippen LogP contribution in [0.15, 0.2) is 30.3 Å². The van der Waals surface area contributed by atoms with E-state index in [-0.39, 0.29) is 12.5 Å². The maximum absolute atomic E-state index is 12.2. The predicted octanol–water partition coefficient (Wildman–Crippen LogP) is 0.733. The molecular weight excluding hydrogens is 270 g/mol. The third-order valence-corrected chi connectivity index (χ3v) is 3.34. The number of piperazine rings is 1. The van der Waals surface area contributed by atoms with E-state index in [1.54, 1.807) is 0 Å². The van der Waals surface area contributed by atoms with Gasteiger partial charge in [-0.15, -0.1) is 0 Å². The zero-order chi connectivity index (χ0) is 15.1. The van der Waals surface area contributed by atoms with Crippen molar-refractivity contribution in [3.8, 4) is 0 Å². The van der Waals surface area contributed by atoms with E-state index in [9.17, 15) is 9.59 Å². The normalized spacial score (nSPS) is 18.1. The molecular formula is C15H21N3O3. The number of hydrogen-bond acceptors (Lipinski definition) is 4. The van der Waals surface area contributed by atoms with Crippen molar-refractivity contribution in [1.29, 1.82) is 0 Å². The molecule has 2 rings (SSSR count). The van der Waals surface area contributed by atoms with E-state index in [1.165, 1.54) is 4.90 Å². The molecule has 1 aromatic carbocycles. The average molecular weight is 291 g/mol. The first-order valence-electron chi connectivity index (χ1n) is 7.18. The van der Waals surface area contributed by atoms with E-state index in [1.807, 2.05) is 37.3 Å². The zero-order valence-corrected chi connectivity index (χ0v) is 12.2. The summed E-state index contributed by atoms with van der Waals surface area (Å²) in [6.45, 7) is 4.19. The van der Waals surface area contributed by atoms with Crippen molar-refractivity contribution in [3.05, 3.63) is 35.9 Å². The second-order valence-corrected chi connectivity index (χ2v) is 4.85. The smallest absolute Gasteiger partial charge is 0.410 e. The number of ether oxygens (including phenoxy) is 1. The van der Waals surface area contributed by atoms with Crippen LogP contribution in [0.2, 0.25) is 0 Å². The van der Waals surface area contributed by atoms with E-state index in [4.69, 9.17) is 4.74 Å². The molecule has 2 N–H and O–H groups in total. The number of rotatable bonds is 4. The molecule has 6 nitrogen and oxygen atoms in total. The Balaban J connectivity index is 1.93. The Hall–Kier alpha value is -2.08. The molecule has 1 saturated heterocycles. The maximum Gasteiger partial charge on any atom is 0.410 e. The van der Waals surface area contributed by atoms with Crippen LogP contribution in [-0.4, -0.2) is 49.1 Å². The molecule has 0 aliphatic carbocycles. The fourth-order valence-electron chi connectivity index (χ4n) is 2.25. The van der Waals surface area contributed by atoms with Crippen molar-refractivity contribution in [3.63, 3.8) is 0 Å². The number of benzene rings is 1. The van der Waals surface area contributed by atoms with Gasteiger partial charge in [0.1, 0.15) is 12.6 Å². The maximum atomic E-state index is 12.2. The molecule has 0 radical (unpaired) electrons.